The standard InChI is InChI=1S/C16H23N3O2/c1-10(2)9-19(17)16(20)15-11(3)18(4)14-8-12(21-5)6-7-13(14)15/h6-8,10H,9,17H2,1-5H3. The second-order valence-corrected chi connectivity index (χ2v) is 5.75. The van der Waals surface area contributed by atoms with Crippen molar-refractivity contribution in [2.24, 2.45) is 18.8 Å². The summed E-state index contributed by atoms with van der Waals surface area (Å²) < 4.78 is 7.25. The first-order chi connectivity index (χ1) is 9.86. The Labute approximate surface area is 125 Å². The van der Waals surface area contributed by atoms with E-state index >= 15 is 0 Å². The Balaban J connectivity index is 2.54. The third-order valence-corrected chi connectivity index (χ3v) is 3.74. The predicted octanol–water partition coefficient (Wildman–Crippen LogP) is 2.47. The van der Waals surface area contributed by atoms with Gasteiger partial charge in [0.2, 0.25) is 0 Å². The minimum Gasteiger partial charge on any atom is -0.497 e. The lowest BCUT2D eigenvalue weighted by Crippen LogP contribution is -2.40. The number of aromatic nitrogens is 1. The molecule has 1 heterocycles. The molecule has 0 aliphatic rings. The van der Waals surface area contributed by atoms with Gasteiger partial charge in [-0.25, -0.2) is 5.84 Å². The summed E-state index contributed by atoms with van der Waals surface area (Å²) in [5, 5.41) is 2.21. The van der Waals surface area contributed by atoms with Crippen LogP contribution in [0.15, 0.2) is 18.2 Å². The molecule has 2 rings (SSSR count). The Bertz CT molecular complexity index is 674. The molecule has 0 saturated carbocycles. The van der Waals surface area contributed by atoms with Gasteiger partial charge in [0.25, 0.3) is 5.91 Å². The highest BCUT2D eigenvalue weighted by molar-refractivity contribution is 6.08. The number of aryl methyl sites for hydroxylation is 1. The van der Waals surface area contributed by atoms with Gasteiger partial charge in [0, 0.05) is 30.7 Å². The van der Waals surface area contributed by atoms with Gasteiger partial charge in [0.15, 0.2) is 0 Å². The number of benzene rings is 1. The molecule has 2 aromatic rings. The monoisotopic (exact) mass is 289 g/mol. The Hall–Kier alpha value is -2.01. The Morgan fingerprint density at radius 1 is 1.43 bits per heavy atom. The van der Waals surface area contributed by atoms with Gasteiger partial charge in [-0.2, -0.15) is 0 Å². The van der Waals surface area contributed by atoms with Gasteiger partial charge in [-0.1, -0.05) is 13.8 Å². The van der Waals surface area contributed by atoms with Gasteiger partial charge in [0.05, 0.1) is 18.2 Å². The van der Waals surface area contributed by atoms with Crippen molar-refractivity contribution in [3.05, 3.63) is 29.5 Å². The van der Waals surface area contributed by atoms with E-state index in [0.29, 0.717) is 18.0 Å². The molecule has 5 heteroatoms. The SMILES string of the molecule is COc1ccc2c(C(=O)N(N)CC(C)C)c(C)n(C)c2c1. The summed E-state index contributed by atoms with van der Waals surface area (Å²) >= 11 is 0. The number of methoxy groups -OCH3 is 1. The van der Waals surface area contributed by atoms with Crippen molar-refractivity contribution in [1.82, 2.24) is 9.58 Å². The number of nitrogens with two attached hydrogens (primary N) is 1. The molecule has 21 heavy (non-hydrogen) atoms. The van der Waals surface area contributed by atoms with E-state index in [0.717, 1.165) is 22.3 Å². The molecule has 0 radical (unpaired) electrons. The van der Waals surface area contributed by atoms with E-state index in [1.807, 2.05) is 50.6 Å². The van der Waals surface area contributed by atoms with Crippen molar-refractivity contribution < 1.29 is 9.53 Å². The van der Waals surface area contributed by atoms with Gasteiger partial charge in [-0.05, 0) is 25.0 Å². The molecule has 2 N–H and O–H groups in total. The van der Waals surface area contributed by atoms with Crippen LogP contribution < -0.4 is 10.6 Å². The largest absolute Gasteiger partial charge is 0.497 e. The number of ether oxygens (including phenoxy) is 1. The van der Waals surface area contributed by atoms with Crippen LogP contribution in [0.4, 0.5) is 0 Å². The van der Waals surface area contributed by atoms with Gasteiger partial charge < -0.3 is 9.30 Å². The summed E-state index contributed by atoms with van der Waals surface area (Å²) in [6.07, 6.45) is 0. The molecule has 114 valence electrons. The van der Waals surface area contributed by atoms with E-state index in [2.05, 4.69) is 0 Å². The van der Waals surface area contributed by atoms with Crippen LogP contribution >= 0.6 is 0 Å². The van der Waals surface area contributed by atoms with E-state index in [4.69, 9.17) is 10.6 Å². The number of rotatable bonds is 4. The summed E-state index contributed by atoms with van der Waals surface area (Å²) in [6.45, 7) is 6.54. The van der Waals surface area contributed by atoms with E-state index in [-0.39, 0.29) is 5.91 Å². The van der Waals surface area contributed by atoms with E-state index in [9.17, 15) is 4.79 Å². The number of hydrogen-bond acceptors (Lipinski definition) is 3. The van der Waals surface area contributed by atoms with Gasteiger partial charge in [-0.3, -0.25) is 9.80 Å². The number of hydrazine groups is 1. The number of carbonyl (C=O) groups is 1. The zero-order valence-corrected chi connectivity index (χ0v) is 13.3. The fourth-order valence-electron chi connectivity index (χ4n) is 2.56. The molecular formula is C16H23N3O2. The van der Waals surface area contributed by atoms with Crippen LogP contribution in [0.3, 0.4) is 0 Å². The zero-order chi connectivity index (χ0) is 15.7. The second-order valence-electron chi connectivity index (χ2n) is 5.75. The average Bonchev–Trinajstić information content (AvgIpc) is 2.69. The fourth-order valence-corrected chi connectivity index (χ4v) is 2.56. The molecular weight excluding hydrogens is 266 g/mol. The Morgan fingerprint density at radius 3 is 2.67 bits per heavy atom. The maximum atomic E-state index is 12.6. The molecule has 1 aromatic carbocycles. The average molecular weight is 289 g/mol. The molecule has 0 atom stereocenters. The summed E-state index contributed by atoms with van der Waals surface area (Å²) in [5.74, 6) is 6.88. The number of fused-ring (bicyclic) bond motifs is 1. The molecule has 1 amide bonds. The molecule has 5 nitrogen and oxygen atoms in total. The van der Waals surface area contributed by atoms with Gasteiger partial charge >= 0.3 is 0 Å². The van der Waals surface area contributed by atoms with Crippen LogP contribution in [0.2, 0.25) is 0 Å². The maximum Gasteiger partial charge on any atom is 0.270 e. The van der Waals surface area contributed by atoms with Crippen molar-refractivity contribution in [2.75, 3.05) is 13.7 Å². The number of nitrogens with zero attached hydrogens (tertiary/aromatic N) is 2. The molecule has 0 aliphatic heterocycles. The molecule has 0 unspecified atom stereocenters. The fraction of sp³-hybridized carbons (Fsp3) is 0.438. The first kappa shape index (κ1) is 15.4. The van der Waals surface area contributed by atoms with Crippen molar-refractivity contribution in [3.63, 3.8) is 0 Å². The third-order valence-electron chi connectivity index (χ3n) is 3.74. The number of hydrogen-bond donors (Lipinski definition) is 1. The van der Waals surface area contributed by atoms with Crippen LogP contribution in [0.25, 0.3) is 10.9 Å². The highest BCUT2D eigenvalue weighted by Gasteiger charge is 2.22. The number of amides is 1. The predicted molar refractivity (Wildman–Crippen MR) is 84.3 cm³/mol. The van der Waals surface area contributed by atoms with Crippen molar-refractivity contribution in [3.8, 4) is 5.75 Å². The topological polar surface area (TPSA) is 60.5 Å². The molecule has 0 fully saturated rings. The van der Waals surface area contributed by atoms with Crippen LogP contribution in [0, 0.1) is 12.8 Å². The minimum absolute atomic E-state index is 0.142. The van der Waals surface area contributed by atoms with E-state index in [1.54, 1.807) is 7.11 Å². The summed E-state index contributed by atoms with van der Waals surface area (Å²) in [4.78, 5) is 12.6. The quantitative estimate of drug-likeness (QED) is 0.534. The lowest BCUT2D eigenvalue weighted by Gasteiger charge is -2.19. The normalized spacial score (nSPS) is 11.2. The maximum absolute atomic E-state index is 12.6. The molecule has 0 spiro atoms. The lowest BCUT2D eigenvalue weighted by atomic mass is 10.1. The smallest absolute Gasteiger partial charge is 0.270 e. The first-order valence-electron chi connectivity index (χ1n) is 7.06. The van der Waals surface area contributed by atoms with Crippen molar-refractivity contribution in [1.29, 1.82) is 0 Å². The first-order valence-corrected chi connectivity index (χ1v) is 7.06. The highest BCUT2D eigenvalue weighted by Crippen LogP contribution is 2.29. The lowest BCUT2D eigenvalue weighted by molar-refractivity contribution is 0.0737. The minimum atomic E-state index is -0.142. The van der Waals surface area contributed by atoms with Crippen LogP contribution in [-0.4, -0.2) is 29.1 Å². The Morgan fingerprint density at radius 2 is 2.10 bits per heavy atom. The van der Waals surface area contributed by atoms with Crippen LogP contribution in [-0.2, 0) is 7.05 Å². The molecule has 0 aliphatic carbocycles. The van der Waals surface area contributed by atoms with E-state index < -0.39 is 0 Å². The molecule has 0 bridgehead atoms. The van der Waals surface area contributed by atoms with Crippen LogP contribution in [0.5, 0.6) is 5.75 Å². The van der Waals surface area contributed by atoms with Gasteiger partial charge in [-0.15, -0.1) is 0 Å². The van der Waals surface area contributed by atoms with Gasteiger partial charge in [0.1, 0.15) is 5.75 Å². The highest BCUT2D eigenvalue weighted by atomic mass is 16.5. The molecule has 0 saturated heterocycles. The number of carbonyl (C=O) groups excluding carboxylic acids is 1. The second kappa shape index (κ2) is 5.77. The Kier molecular flexibility index (Phi) is 4.23. The summed E-state index contributed by atoms with van der Waals surface area (Å²) in [6, 6.07) is 5.71. The summed E-state index contributed by atoms with van der Waals surface area (Å²) in [5.41, 5.74) is 2.54. The third kappa shape index (κ3) is 2.74. The van der Waals surface area contributed by atoms with E-state index in [1.165, 1.54) is 5.01 Å². The van der Waals surface area contributed by atoms with Crippen LogP contribution in [0.1, 0.15) is 29.9 Å². The van der Waals surface area contributed by atoms with Crippen molar-refractivity contribution in [2.45, 2.75) is 20.8 Å². The molecule has 1 aromatic heterocycles. The summed E-state index contributed by atoms with van der Waals surface area (Å²) in [7, 11) is 3.57. The zero-order valence-electron chi connectivity index (χ0n) is 13.3. The van der Waals surface area contributed by atoms with Crippen molar-refractivity contribution >= 4 is 16.8 Å².